The van der Waals surface area contributed by atoms with Gasteiger partial charge in [0.25, 0.3) is 0 Å². The van der Waals surface area contributed by atoms with E-state index in [0.29, 0.717) is 24.2 Å². The van der Waals surface area contributed by atoms with Crippen LogP contribution in [0.1, 0.15) is 55.6 Å². The van der Waals surface area contributed by atoms with E-state index in [-0.39, 0.29) is 0 Å². The maximum Gasteiger partial charge on any atom is 0.133 e. The van der Waals surface area contributed by atoms with Crippen LogP contribution in [0.3, 0.4) is 0 Å². The molecule has 1 heterocycles. The van der Waals surface area contributed by atoms with Gasteiger partial charge >= 0.3 is 0 Å². The van der Waals surface area contributed by atoms with Crippen molar-refractivity contribution in [1.29, 1.82) is 0 Å². The van der Waals surface area contributed by atoms with Crippen LogP contribution in [0.2, 0.25) is 0 Å². The molecule has 19 heavy (non-hydrogen) atoms. The first kappa shape index (κ1) is 12.9. The second kappa shape index (κ2) is 5.87. The van der Waals surface area contributed by atoms with Crippen LogP contribution in [-0.2, 0) is 16.0 Å². The quantitative estimate of drug-likeness (QED) is 0.806. The lowest BCUT2D eigenvalue weighted by Crippen LogP contribution is -2.22. The van der Waals surface area contributed by atoms with Gasteiger partial charge in [0.15, 0.2) is 0 Å². The minimum absolute atomic E-state index is 0.339. The number of benzene rings is 1. The van der Waals surface area contributed by atoms with Crippen LogP contribution in [0.4, 0.5) is 0 Å². The van der Waals surface area contributed by atoms with Crippen molar-refractivity contribution >= 4 is 5.78 Å². The van der Waals surface area contributed by atoms with Gasteiger partial charge in [0.1, 0.15) is 5.78 Å². The Balaban J connectivity index is 1.43. The number of hydrogen-bond donors (Lipinski definition) is 0. The van der Waals surface area contributed by atoms with Gasteiger partial charge in [-0.05, 0) is 49.1 Å². The van der Waals surface area contributed by atoms with Gasteiger partial charge in [-0.2, -0.15) is 0 Å². The zero-order valence-electron chi connectivity index (χ0n) is 11.4. The number of ketones is 1. The van der Waals surface area contributed by atoms with E-state index in [4.69, 9.17) is 4.74 Å². The van der Waals surface area contributed by atoms with Gasteiger partial charge in [0.05, 0.1) is 6.10 Å². The third-order valence-corrected chi connectivity index (χ3v) is 4.45. The number of Topliss-reactive ketones (excluding diaryl/α,β-unsaturated/α-hetero) is 1. The molecule has 0 N–H and O–H groups in total. The fourth-order valence-electron chi connectivity index (χ4n) is 3.28. The maximum atomic E-state index is 12.0. The lowest BCUT2D eigenvalue weighted by molar-refractivity contribution is -0.120. The highest BCUT2D eigenvalue weighted by molar-refractivity contribution is 5.79. The average molecular weight is 258 g/mol. The van der Waals surface area contributed by atoms with Gasteiger partial charge in [-0.15, -0.1) is 0 Å². The largest absolute Gasteiger partial charge is 0.378 e. The monoisotopic (exact) mass is 258 g/mol. The summed E-state index contributed by atoms with van der Waals surface area (Å²) in [5.74, 6) is 0.893. The molecule has 0 amide bonds. The highest BCUT2D eigenvalue weighted by Crippen LogP contribution is 2.37. The van der Waals surface area contributed by atoms with E-state index in [1.807, 2.05) is 0 Å². The number of carbonyl (C=O) groups excluding carboxylic acids is 1. The normalized spacial score (nSPS) is 25.5. The van der Waals surface area contributed by atoms with Crippen molar-refractivity contribution in [3.8, 4) is 0 Å². The Morgan fingerprint density at radius 2 is 2.16 bits per heavy atom. The summed E-state index contributed by atoms with van der Waals surface area (Å²) in [5.41, 5.74) is 2.82. The number of rotatable bonds is 5. The van der Waals surface area contributed by atoms with E-state index in [0.717, 1.165) is 32.3 Å². The van der Waals surface area contributed by atoms with Crippen molar-refractivity contribution in [3.05, 3.63) is 35.4 Å². The fourth-order valence-corrected chi connectivity index (χ4v) is 3.28. The molecule has 102 valence electrons. The molecule has 0 bridgehead atoms. The summed E-state index contributed by atoms with van der Waals surface area (Å²) in [5, 5.41) is 0. The maximum absolute atomic E-state index is 12.0. The van der Waals surface area contributed by atoms with Crippen molar-refractivity contribution in [3.63, 3.8) is 0 Å². The minimum Gasteiger partial charge on any atom is -0.378 e. The van der Waals surface area contributed by atoms with Crippen LogP contribution >= 0.6 is 0 Å². The molecule has 2 nitrogen and oxygen atoms in total. The Kier molecular flexibility index (Phi) is 3.97. The van der Waals surface area contributed by atoms with Crippen LogP contribution in [0.15, 0.2) is 24.3 Å². The van der Waals surface area contributed by atoms with Crippen LogP contribution < -0.4 is 0 Å². The summed E-state index contributed by atoms with van der Waals surface area (Å²) in [6.07, 6.45) is 7.35. The van der Waals surface area contributed by atoms with Gasteiger partial charge in [-0.3, -0.25) is 4.79 Å². The number of ether oxygens (including phenoxy) is 1. The van der Waals surface area contributed by atoms with Gasteiger partial charge < -0.3 is 4.74 Å². The topological polar surface area (TPSA) is 26.3 Å². The first-order valence-electron chi connectivity index (χ1n) is 7.54. The molecule has 1 aliphatic carbocycles. The molecule has 1 aromatic rings. The highest BCUT2D eigenvalue weighted by atomic mass is 16.5. The second-order valence-corrected chi connectivity index (χ2v) is 5.87. The minimum atomic E-state index is 0.339. The first-order chi connectivity index (χ1) is 9.33. The third kappa shape index (κ3) is 3.06. The van der Waals surface area contributed by atoms with Crippen LogP contribution in [0, 0.1) is 0 Å². The Bertz CT molecular complexity index is 446. The molecule has 1 fully saturated rings. The van der Waals surface area contributed by atoms with E-state index in [9.17, 15) is 4.79 Å². The Morgan fingerprint density at radius 1 is 1.26 bits per heavy atom. The van der Waals surface area contributed by atoms with Gasteiger partial charge in [0.2, 0.25) is 0 Å². The lowest BCUT2D eigenvalue weighted by Gasteiger charge is -2.29. The van der Waals surface area contributed by atoms with Crippen LogP contribution in [0.25, 0.3) is 0 Å². The van der Waals surface area contributed by atoms with Crippen molar-refractivity contribution in [2.45, 2.75) is 57.0 Å². The molecule has 2 heteroatoms. The molecule has 0 spiro atoms. The predicted octanol–water partition coefficient (Wildman–Crippen LogP) is 3.63. The molecular formula is C17H22O2. The van der Waals surface area contributed by atoms with Crippen molar-refractivity contribution in [2.24, 2.45) is 0 Å². The van der Waals surface area contributed by atoms with Crippen molar-refractivity contribution < 1.29 is 9.53 Å². The van der Waals surface area contributed by atoms with Crippen molar-refractivity contribution in [2.75, 3.05) is 6.61 Å². The molecule has 2 atom stereocenters. The smallest absolute Gasteiger partial charge is 0.133 e. The summed E-state index contributed by atoms with van der Waals surface area (Å²) in [7, 11) is 0. The molecule has 1 aliphatic heterocycles. The van der Waals surface area contributed by atoms with Crippen molar-refractivity contribution in [1.82, 2.24) is 0 Å². The molecule has 2 aliphatic rings. The highest BCUT2D eigenvalue weighted by Gasteiger charge is 2.27. The molecule has 0 radical (unpaired) electrons. The summed E-state index contributed by atoms with van der Waals surface area (Å²) in [6, 6.07) is 8.50. The van der Waals surface area contributed by atoms with Crippen LogP contribution in [-0.4, -0.2) is 18.5 Å². The number of hydrogen-bond acceptors (Lipinski definition) is 2. The molecule has 1 saturated heterocycles. The Hall–Kier alpha value is -1.15. The zero-order chi connectivity index (χ0) is 13.1. The Labute approximate surface area is 115 Å². The number of fused-ring (bicyclic) bond motifs is 1. The third-order valence-electron chi connectivity index (χ3n) is 4.45. The van der Waals surface area contributed by atoms with Gasteiger partial charge in [-0.1, -0.05) is 24.3 Å². The molecular weight excluding hydrogens is 236 g/mol. The summed E-state index contributed by atoms with van der Waals surface area (Å²) in [6.45, 7) is 0.884. The first-order valence-corrected chi connectivity index (χ1v) is 7.54. The molecule has 1 aromatic carbocycles. The van der Waals surface area contributed by atoms with E-state index < -0.39 is 0 Å². The molecule has 3 rings (SSSR count). The van der Waals surface area contributed by atoms with E-state index >= 15 is 0 Å². The van der Waals surface area contributed by atoms with E-state index in [1.54, 1.807) is 0 Å². The SMILES string of the molecule is O=C(CCC1CCCCO1)CC1Cc2ccccc21. The molecule has 0 saturated carbocycles. The zero-order valence-corrected chi connectivity index (χ0v) is 11.4. The average Bonchev–Trinajstić information content (AvgIpc) is 2.44. The molecule has 2 unspecified atom stereocenters. The predicted molar refractivity (Wildman–Crippen MR) is 75.3 cm³/mol. The Morgan fingerprint density at radius 3 is 2.95 bits per heavy atom. The summed E-state index contributed by atoms with van der Waals surface area (Å²) in [4.78, 5) is 12.0. The van der Waals surface area contributed by atoms with E-state index in [1.165, 1.54) is 24.0 Å². The van der Waals surface area contributed by atoms with Gasteiger partial charge in [0, 0.05) is 19.4 Å². The summed E-state index contributed by atoms with van der Waals surface area (Å²) >= 11 is 0. The van der Waals surface area contributed by atoms with Crippen LogP contribution in [0.5, 0.6) is 0 Å². The fraction of sp³-hybridized carbons (Fsp3) is 0.588. The van der Waals surface area contributed by atoms with Gasteiger partial charge in [-0.25, -0.2) is 0 Å². The second-order valence-electron chi connectivity index (χ2n) is 5.87. The lowest BCUT2D eigenvalue weighted by atomic mass is 9.75. The standard InChI is InChI=1S/C17H22O2/c18-15(8-9-16-6-3-4-10-19-16)12-14-11-13-5-1-2-7-17(13)14/h1-2,5,7,14,16H,3-4,6,8-12H2. The number of carbonyl (C=O) groups is 1. The summed E-state index contributed by atoms with van der Waals surface area (Å²) < 4.78 is 5.68. The molecule has 0 aromatic heterocycles. The van der Waals surface area contributed by atoms with E-state index in [2.05, 4.69) is 24.3 Å².